The molecule has 1 amide bonds. The van der Waals surface area contributed by atoms with Gasteiger partial charge >= 0.3 is 0 Å². The van der Waals surface area contributed by atoms with Gasteiger partial charge in [-0.1, -0.05) is 48.5 Å². The molecule has 0 saturated carbocycles. The molecule has 0 spiro atoms. The number of carbonyl (C=O) groups excluding carboxylic acids is 2. The van der Waals surface area contributed by atoms with Gasteiger partial charge in [0, 0.05) is 11.1 Å². The van der Waals surface area contributed by atoms with E-state index in [1.54, 1.807) is 6.07 Å². The monoisotopic (exact) mass is 277 g/mol. The highest BCUT2D eigenvalue weighted by Gasteiger charge is 2.24. The van der Waals surface area contributed by atoms with Crippen molar-refractivity contribution in [1.82, 2.24) is 0 Å². The lowest BCUT2D eigenvalue weighted by molar-refractivity contribution is -0.117. The summed E-state index contributed by atoms with van der Waals surface area (Å²) in [5, 5.41) is 2.73. The Bertz CT molecular complexity index is 762. The zero-order chi connectivity index (χ0) is 14.7. The van der Waals surface area contributed by atoms with Crippen LogP contribution in [0.3, 0.4) is 0 Å². The maximum absolute atomic E-state index is 12.1. The van der Waals surface area contributed by atoms with Gasteiger partial charge < -0.3 is 5.32 Å². The van der Waals surface area contributed by atoms with Gasteiger partial charge in [-0.15, -0.1) is 0 Å². The number of nitrogens with one attached hydrogen (secondary N) is 1. The molecule has 0 aromatic heterocycles. The van der Waals surface area contributed by atoms with E-state index in [4.69, 9.17) is 0 Å². The number of benzodiazepines with no additional fused rings is 1. The lowest BCUT2D eigenvalue weighted by Crippen LogP contribution is -2.23. The molecule has 1 aliphatic rings. The van der Waals surface area contributed by atoms with E-state index in [0.29, 0.717) is 11.4 Å². The summed E-state index contributed by atoms with van der Waals surface area (Å²) in [6.45, 7) is 0. The fourth-order valence-corrected chi connectivity index (χ4v) is 2.21. The number of hydrogen-bond acceptors (Lipinski definition) is 4. The van der Waals surface area contributed by atoms with Crippen molar-refractivity contribution in [3.05, 3.63) is 65.7 Å². The Morgan fingerprint density at radius 3 is 2.52 bits per heavy atom. The summed E-state index contributed by atoms with van der Waals surface area (Å²) in [7, 11) is 0. The smallest absolute Gasteiger partial charge is 0.272 e. The second-order valence-electron chi connectivity index (χ2n) is 4.47. The summed E-state index contributed by atoms with van der Waals surface area (Å²) in [6.07, 6.45) is 0.281. The molecule has 2 aromatic carbocycles. The number of para-hydroxylation sites is 1. The number of amides is 1. The van der Waals surface area contributed by atoms with Crippen LogP contribution in [0.2, 0.25) is 0 Å². The van der Waals surface area contributed by atoms with Crippen molar-refractivity contribution in [3.8, 4) is 0 Å². The first-order chi connectivity index (χ1) is 10.3. The highest BCUT2D eigenvalue weighted by atomic mass is 16.2. The van der Waals surface area contributed by atoms with Crippen molar-refractivity contribution in [3.63, 3.8) is 0 Å². The third-order valence-electron chi connectivity index (χ3n) is 3.15. The largest absolute Gasteiger partial charge is 0.322 e. The van der Waals surface area contributed by atoms with Gasteiger partial charge in [-0.3, -0.25) is 4.79 Å². The predicted molar refractivity (Wildman–Crippen MR) is 79.1 cm³/mol. The van der Waals surface area contributed by atoms with E-state index in [9.17, 15) is 9.59 Å². The van der Waals surface area contributed by atoms with Crippen LogP contribution in [0.5, 0.6) is 0 Å². The van der Waals surface area contributed by atoms with Crippen LogP contribution in [0.25, 0.3) is 0 Å². The molecule has 2 aromatic rings. The standard InChI is InChI=1S/C16H11N3O2/c20-10-17-15-16(21)18-13-9-5-4-8-12(13)14(19-15)11-6-2-1-3-7-11/h1-9,15H,(H,18,21). The number of isocyanates is 1. The molecule has 1 atom stereocenters. The molecule has 0 aliphatic carbocycles. The van der Waals surface area contributed by atoms with Gasteiger partial charge in [0.25, 0.3) is 5.91 Å². The second-order valence-corrected chi connectivity index (χ2v) is 4.47. The van der Waals surface area contributed by atoms with Gasteiger partial charge in [0.05, 0.1) is 11.4 Å². The number of fused-ring (bicyclic) bond motifs is 1. The molecule has 102 valence electrons. The van der Waals surface area contributed by atoms with Gasteiger partial charge in [0.1, 0.15) is 0 Å². The Morgan fingerprint density at radius 1 is 1.05 bits per heavy atom. The van der Waals surface area contributed by atoms with E-state index in [1.165, 1.54) is 6.08 Å². The Balaban J connectivity index is 2.22. The average molecular weight is 277 g/mol. The van der Waals surface area contributed by atoms with Crippen LogP contribution >= 0.6 is 0 Å². The molecule has 0 fully saturated rings. The SMILES string of the molecule is O=C=NC1N=C(c2ccccc2)c2ccccc2NC1=O. The molecular weight excluding hydrogens is 266 g/mol. The van der Waals surface area contributed by atoms with E-state index in [0.717, 1.165) is 11.1 Å². The van der Waals surface area contributed by atoms with Gasteiger partial charge in [-0.25, -0.2) is 9.79 Å². The van der Waals surface area contributed by atoms with E-state index in [-0.39, 0.29) is 0 Å². The fraction of sp³-hybridized carbons (Fsp3) is 0.0625. The highest BCUT2D eigenvalue weighted by molar-refractivity contribution is 6.19. The number of rotatable bonds is 2. The van der Waals surface area contributed by atoms with Crippen molar-refractivity contribution < 1.29 is 9.59 Å². The van der Waals surface area contributed by atoms with Crippen molar-refractivity contribution >= 4 is 23.4 Å². The Hall–Kier alpha value is -3.04. The molecule has 0 radical (unpaired) electrons. The van der Waals surface area contributed by atoms with Crippen LogP contribution in [0.15, 0.2) is 64.6 Å². The van der Waals surface area contributed by atoms with Gasteiger partial charge in [-0.05, 0) is 6.07 Å². The molecule has 1 unspecified atom stereocenters. The fourth-order valence-electron chi connectivity index (χ4n) is 2.21. The lowest BCUT2D eigenvalue weighted by Gasteiger charge is -2.09. The van der Waals surface area contributed by atoms with Crippen LogP contribution in [-0.2, 0) is 9.59 Å². The van der Waals surface area contributed by atoms with Crippen LogP contribution < -0.4 is 5.32 Å². The number of carbonyl (C=O) groups is 1. The molecular formula is C16H11N3O2. The summed E-state index contributed by atoms with van der Waals surface area (Å²) >= 11 is 0. The van der Waals surface area contributed by atoms with Crippen molar-refractivity contribution in [2.45, 2.75) is 6.17 Å². The molecule has 0 bridgehead atoms. The molecule has 5 heteroatoms. The van der Waals surface area contributed by atoms with Gasteiger partial charge in [0.2, 0.25) is 12.2 Å². The third-order valence-corrected chi connectivity index (χ3v) is 3.15. The van der Waals surface area contributed by atoms with E-state index >= 15 is 0 Å². The van der Waals surface area contributed by atoms with Crippen molar-refractivity contribution in [2.75, 3.05) is 5.32 Å². The Labute approximate surface area is 121 Å². The Morgan fingerprint density at radius 2 is 1.76 bits per heavy atom. The zero-order valence-electron chi connectivity index (χ0n) is 11.0. The summed E-state index contributed by atoms with van der Waals surface area (Å²) < 4.78 is 0. The number of benzene rings is 2. The number of aliphatic imine (C=N–C) groups is 2. The molecule has 1 heterocycles. The highest BCUT2D eigenvalue weighted by Crippen LogP contribution is 2.24. The summed E-state index contributed by atoms with van der Waals surface area (Å²) in [5.41, 5.74) is 2.91. The summed E-state index contributed by atoms with van der Waals surface area (Å²) in [5.74, 6) is -0.447. The maximum atomic E-state index is 12.1. The molecule has 21 heavy (non-hydrogen) atoms. The first-order valence-corrected chi connectivity index (χ1v) is 6.40. The molecule has 5 nitrogen and oxygen atoms in total. The number of nitrogens with zero attached hydrogens (tertiary/aromatic N) is 2. The molecule has 0 saturated heterocycles. The first-order valence-electron chi connectivity index (χ1n) is 6.40. The number of hydrogen-bond donors (Lipinski definition) is 1. The van der Waals surface area contributed by atoms with Crippen LogP contribution in [-0.4, -0.2) is 23.9 Å². The topological polar surface area (TPSA) is 70.9 Å². The predicted octanol–water partition coefficient (Wildman–Crippen LogP) is 2.14. The molecule has 1 N–H and O–H groups in total. The minimum absolute atomic E-state index is 0.447. The van der Waals surface area contributed by atoms with Crippen LogP contribution in [0.4, 0.5) is 5.69 Å². The number of anilines is 1. The van der Waals surface area contributed by atoms with Crippen LogP contribution in [0.1, 0.15) is 11.1 Å². The third kappa shape index (κ3) is 2.50. The second kappa shape index (κ2) is 5.53. The quantitative estimate of drug-likeness (QED) is 0.674. The van der Waals surface area contributed by atoms with Gasteiger partial charge in [-0.2, -0.15) is 4.99 Å². The van der Waals surface area contributed by atoms with Crippen molar-refractivity contribution in [1.29, 1.82) is 0 Å². The van der Waals surface area contributed by atoms with Crippen LogP contribution in [0, 0.1) is 0 Å². The van der Waals surface area contributed by atoms with E-state index in [1.807, 2.05) is 48.5 Å². The zero-order valence-corrected chi connectivity index (χ0v) is 11.0. The maximum Gasteiger partial charge on any atom is 0.272 e. The molecule has 1 aliphatic heterocycles. The van der Waals surface area contributed by atoms with E-state index < -0.39 is 12.1 Å². The molecule has 3 rings (SSSR count). The lowest BCUT2D eigenvalue weighted by atomic mass is 10.0. The van der Waals surface area contributed by atoms with E-state index in [2.05, 4.69) is 15.3 Å². The Kier molecular flexibility index (Phi) is 3.41. The normalized spacial score (nSPS) is 16.9. The van der Waals surface area contributed by atoms with Gasteiger partial charge in [0.15, 0.2) is 0 Å². The summed E-state index contributed by atoms with van der Waals surface area (Å²) in [6, 6.07) is 16.8. The summed E-state index contributed by atoms with van der Waals surface area (Å²) in [4.78, 5) is 30.4. The average Bonchev–Trinajstić information content (AvgIpc) is 2.66. The van der Waals surface area contributed by atoms with Crippen molar-refractivity contribution in [2.24, 2.45) is 9.98 Å². The minimum atomic E-state index is -1.12. The minimum Gasteiger partial charge on any atom is -0.322 e. The first kappa shape index (κ1) is 13.0.